The van der Waals surface area contributed by atoms with Gasteiger partial charge < -0.3 is 14.6 Å². The van der Waals surface area contributed by atoms with Crippen LogP contribution in [-0.2, 0) is 14.6 Å². The molecule has 2 N–H and O–H groups in total. The van der Waals surface area contributed by atoms with Crippen molar-refractivity contribution in [3.8, 4) is 22.8 Å². The van der Waals surface area contributed by atoms with Gasteiger partial charge in [-0.2, -0.15) is 0 Å². The number of carbonyl (C=O) groups is 1. The van der Waals surface area contributed by atoms with Crippen LogP contribution in [0.3, 0.4) is 0 Å². The van der Waals surface area contributed by atoms with Gasteiger partial charge in [-0.25, -0.2) is 22.7 Å². The lowest BCUT2D eigenvalue weighted by Gasteiger charge is -2.08. The molecule has 0 bridgehead atoms. The van der Waals surface area contributed by atoms with Gasteiger partial charge in [-0.3, -0.25) is 0 Å². The van der Waals surface area contributed by atoms with E-state index in [1.54, 1.807) is 0 Å². The minimum atomic E-state index is -3.72. The maximum Gasteiger partial charge on any atom is 0.362 e. The highest BCUT2D eigenvalue weighted by Crippen LogP contribution is 2.28. The molecule has 0 saturated carbocycles. The lowest BCUT2D eigenvalue weighted by atomic mass is 10.1. The molecule has 3 rings (SSSR count). The number of H-pyrrole nitrogens is 1. The first-order valence-electron chi connectivity index (χ1n) is 7.75. The van der Waals surface area contributed by atoms with E-state index >= 15 is 0 Å². The molecule has 1 aromatic carbocycles. The normalized spacial score (nSPS) is 16.6. The van der Waals surface area contributed by atoms with E-state index in [1.165, 1.54) is 19.1 Å². The summed E-state index contributed by atoms with van der Waals surface area (Å²) in [6, 6.07) is 2.59. The summed E-state index contributed by atoms with van der Waals surface area (Å²) in [5, 5.41) is 19.3. The average Bonchev–Trinajstić information content (AvgIpc) is 3.30. The average molecular weight is 395 g/mol. The minimum Gasteiger partial charge on any atom is -0.476 e. The number of aromatic carboxylic acids is 1. The minimum absolute atomic E-state index is 0.0126. The Hall–Kier alpha value is -2.97. The molecule has 0 radical (unpaired) electrons. The third-order valence-electron chi connectivity index (χ3n) is 3.92. The van der Waals surface area contributed by atoms with Gasteiger partial charge in [-0.1, -0.05) is 5.21 Å². The van der Waals surface area contributed by atoms with Crippen LogP contribution in [0, 0.1) is 23.9 Å². The van der Waals surface area contributed by atoms with Crippen molar-refractivity contribution in [2.24, 2.45) is 0 Å². The quantitative estimate of drug-likeness (QED) is 0.740. The molecule has 0 amide bonds. The molecule has 2 aromatic rings. The van der Waals surface area contributed by atoms with Crippen LogP contribution in [-0.4, -0.2) is 53.4 Å². The third kappa shape index (κ3) is 3.91. The second-order valence-corrected chi connectivity index (χ2v) is 7.67. The van der Waals surface area contributed by atoms with E-state index in [0.717, 1.165) is 0 Å². The monoisotopic (exact) mass is 395 g/mol. The van der Waals surface area contributed by atoms with Crippen LogP contribution >= 0.6 is 0 Å². The topological polar surface area (TPSA) is 131 Å². The molecule has 0 aliphatic carbocycles. The largest absolute Gasteiger partial charge is 0.476 e. The zero-order valence-electron chi connectivity index (χ0n) is 14.0. The zero-order chi connectivity index (χ0) is 19.6. The highest BCUT2D eigenvalue weighted by Gasteiger charge is 2.28. The van der Waals surface area contributed by atoms with Crippen LogP contribution in [0.25, 0.3) is 0 Å². The number of carboxylic acids is 1. The number of halogens is 1. The molecule has 1 fully saturated rings. The highest BCUT2D eigenvalue weighted by atomic mass is 32.2. The molecular weight excluding hydrogens is 381 g/mol. The van der Waals surface area contributed by atoms with Crippen molar-refractivity contribution in [2.45, 2.75) is 18.6 Å². The molecule has 11 heteroatoms. The lowest BCUT2D eigenvalue weighted by Crippen LogP contribution is -2.19. The summed E-state index contributed by atoms with van der Waals surface area (Å²) in [5.41, 5.74) is -0.554. The van der Waals surface area contributed by atoms with Crippen molar-refractivity contribution in [3.63, 3.8) is 0 Å². The van der Waals surface area contributed by atoms with E-state index in [1.807, 2.05) is 0 Å². The van der Waals surface area contributed by atoms with Crippen LogP contribution in [0.15, 0.2) is 12.1 Å². The maximum absolute atomic E-state index is 14.5. The van der Waals surface area contributed by atoms with Crippen molar-refractivity contribution in [1.29, 1.82) is 0 Å². The Labute approximate surface area is 153 Å². The van der Waals surface area contributed by atoms with Crippen molar-refractivity contribution in [1.82, 2.24) is 15.4 Å². The summed E-state index contributed by atoms with van der Waals surface area (Å²) in [7, 11) is -3.72. The van der Waals surface area contributed by atoms with Crippen molar-refractivity contribution in [2.75, 3.05) is 13.2 Å². The molecule has 9 nitrogen and oxygen atoms in total. The Morgan fingerprint density at radius 1 is 1.48 bits per heavy atom. The van der Waals surface area contributed by atoms with Crippen LogP contribution < -0.4 is 4.74 Å². The first-order valence-corrected chi connectivity index (χ1v) is 9.30. The number of hydrogen-bond donors (Lipinski definition) is 2. The Kier molecular flexibility index (Phi) is 5.11. The summed E-state index contributed by atoms with van der Waals surface area (Å²) in [5.74, 6) is -0.0446. The molecule has 2 heterocycles. The fourth-order valence-electron chi connectivity index (χ4n) is 2.38. The van der Waals surface area contributed by atoms with Gasteiger partial charge in [-0.05, 0) is 31.4 Å². The SMILES string of the molecule is Cc1c(Oc2[nH]nnc2C(=O)O)ccc(C#CS(=O)(=O)C2CCOC2)c1F. The van der Waals surface area contributed by atoms with E-state index in [-0.39, 0.29) is 29.4 Å². The van der Waals surface area contributed by atoms with Crippen LogP contribution in [0.4, 0.5) is 4.39 Å². The number of aromatic amines is 1. The Morgan fingerprint density at radius 3 is 2.93 bits per heavy atom. The molecule has 27 heavy (non-hydrogen) atoms. The fourth-order valence-corrected chi connectivity index (χ4v) is 3.48. The van der Waals surface area contributed by atoms with Crippen molar-refractivity contribution in [3.05, 3.63) is 34.8 Å². The number of ether oxygens (including phenoxy) is 2. The predicted molar refractivity (Wildman–Crippen MR) is 89.6 cm³/mol. The molecule has 1 atom stereocenters. The number of hydrogen-bond acceptors (Lipinski definition) is 7. The standard InChI is InChI=1S/C16H14FN3O6S/c1-9-12(26-15-14(16(21)22)18-20-19-15)3-2-10(13(9)17)5-7-27(23,24)11-4-6-25-8-11/h2-3,11H,4,6,8H2,1H3,(H,21,22)(H,18,19,20). The Balaban J connectivity index is 1.87. The molecule has 1 aromatic heterocycles. The first-order chi connectivity index (χ1) is 12.8. The number of benzene rings is 1. The van der Waals surface area contributed by atoms with E-state index in [2.05, 4.69) is 26.6 Å². The summed E-state index contributed by atoms with van der Waals surface area (Å²) in [6.45, 7) is 1.82. The molecular formula is C16H14FN3O6S. The summed E-state index contributed by atoms with van der Waals surface area (Å²) in [4.78, 5) is 11.0. The molecule has 1 unspecified atom stereocenters. The molecule has 1 aliphatic heterocycles. The Bertz CT molecular complexity index is 1050. The van der Waals surface area contributed by atoms with E-state index in [0.29, 0.717) is 13.0 Å². The van der Waals surface area contributed by atoms with Crippen molar-refractivity contribution < 1.29 is 32.2 Å². The number of aromatic nitrogens is 3. The maximum atomic E-state index is 14.5. The third-order valence-corrected chi connectivity index (χ3v) is 5.56. The summed E-state index contributed by atoms with van der Waals surface area (Å²) < 4.78 is 49.1. The van der Waals surface area contributed by atoms with Crippen LogP contribution in [0.5, 0.6) is 11.6 Å². The van der Waals surface area contributed by atoms with Crippen LogP contribution in [0.2, 0.25) is 0 Å². The Morgan fingerprint density at radius 2 is 2.26 bits per heavy atom. The molecule has 0 spiro atoms. The number of carboxylic acid groups (broad SMARTS) is 1. The molecule has 1 saturated heterocycles. The summed E-state index contributed by atoms with van der Waals surface area (Å²) in [6.07, 6.45) is 0.357. The number of rotatable bonds is 4. The van der Waals surface area contributed by atoms with Gasteiger partial charge in [-0.15, -0.1) is 5.10 Å². The van der Waals surface area contributed by atoms with Crippen molar-refractivity contribution >= 4 is 15.8 Å². The van der Waals surface area contributed by atoms with Gasteiger partial charge in [0.2, 0.25) is 15.5 Å². The van der Waals surface area contributed by atoms with Gasteiger partial charge >= 0.3 is 5.97 Å². The van der Waals surface area contributed by atoms with Gasteiger partial charge in [0.15, 0.2) is 0 Å². The van der Waals surface area contributed by atoms with Gasteiger partial charge in [0.1, 0.15) is 11.6 Å². The number of nitrogens with one attached hydrogen (secondary N) is 1. The van der Waals surface area contributed by atoms with E-state index in [9.17, 15) is 17.6 Å². The molecule has 142 valence electrons. The zero-order valence-corrected chi connectivity index (χ0v) is 14.8. The number of nitrogens with zero attached hydrogens (tertiary/aromatic N) is 2. The highest BCUT2D eigenvalue weighted by molar-refractivity contribution is 7.96. The number of sulfone groups is 1. The van der Waals surface area contributed by atoms with E-state index in [4.69, 9.17) is 14.6 Å². The first kappa shape index (κ1) is 18.8. The summed E-state index contributed by atoms with van der Waals surface area (Å²) >= 11 is 0. The lowest BCUT2D eigenvalue weighted by molar-refractivity contribution is 0.0687. The second-order valence-electron chi connectivity index (χ2n) is 5.70. The smallest absolute Gasteiger partial charge is 0.362 e. The van der Waals surface area contributed by atoms with Gasteiger partial charge in [0.05, 0.1) is 17.4 Å². The fraction of sp³-hybridized carbons (Fsp3) is 0.312. The van der Waals surface area contributed by atoms with E-state index < -0.39 is 32.6 Å². The second kappa shape index (κ2) is 7.34. The molecule has 1 aliphatic rings. The van der Waals surface area contributed by atoms with Gasteiger partial charge in [0, 0.05) is 17.4 Å². The van der Waals surface area contributed by atoms with Gasteiger partial charge in [0.25, 0.3) is 5.88 Å². The van der Waals surface area contributed by atoms with Crippen LogP contribution in [0.1, 0.15) is 28.0 Å². The predicted octanol–water partition coefficient (Wildman–Crippen LogP) is 1.26.